The van der Waals surface area contributed by atoms with Gasteiger partial charge >= 0.3 is 5.97 Å². The average molecular weight is 332 g/mol. The molecule has 23 heavy (non-hydrogen) atoms. The summed E-state index contributed by atoms with van der Waals surface area (Å²) in [7, 11) is 1.38. The third-order valence-electron chi connectivity index (χ3n) is 3.17. The van der Waals surface area contributed by atoms with Gasteiger partial charge in [-0.15, -0.1) is 0 Å². The lowest BCUT2D eigenvalue weighted by Gasteiger charge is -2.01. The number of methoxy groups -OCH3 is 1. The van der Waals surface area contributed by atoms with Crippen molar-refractivity contribution in [3.63, 3.8) is 0 Å². The number of aliphatic imine (C=N–C) groups is 1. The van der Waals surface area contributed by atoms with E-state index < -0.39 is 11.8 Å². The summed E-state index contributed by atoms with van der Waals surface area (Å²) in [5.41, 5.74) is 1.16. The average Bonchev–Trinajstić information content (AvgIpc) is 2.89. The highest BCUT2D eigenvalue weighted by atomic mass is 35.5. The summed E-state index contributed by atoms with van der Waals surface area (Å²) in [4.78, 5) is 16.0. The predicted molar refractivity (Wildman–Crippen MR) is 85.0 cm³/mol. The van der Waals surface area contributed by atoms with E-state index in [1.807, 2.05) is 0 Å². The van der Waals surface area contributed by atoms with Crippen molar-refractivity contribution in [2.45, 2.75) is 0 Å². The predicted octanol–water partition coefficient (Wildman–Crippen LogP) is 3.83. The maximum atomic E-state index is 13.7. The van der Waals surface area contributed by atoms with Crippen LogP contribution in [-0.2, 0) is 9.53 Å². The van der Waals surface area contributed by atoms with Crippen LogP contribution in [0.3, 0.4) is 0 Å². The number of carbonyl (C=O) groups is 1. The third kappa shape index (κ3) is 3.24. The van der Waals surface area contributed by atoms with Crippen LogP contribution in [0.5, 0.6) is 5.75 Å². The van der Waals surface area contributed by atoms with Gasteiger partial charge in [0.25, 0.3) is 0 Å². The van der Waals surface area contributed by atoms with Gasteiger partial charge in [-0.1, -0.05) is 23.7 Å². The fraction of sp³-hybridized carbons (Fsp3) is 0.0588. The van der Waals surface area contributed by atoms with Crippen LogP contribution >= 0.6 is 11.6 Å². The van der Waals surface area contributed by atoms with Crippen LogP contribution in [-0.4, -0.2) is 19.0 Å². The van der Waals surface area contributed by atoms with Crippen molar-refractivity contribution in [3.8, 4) is 5.75 Å². The number of carbonyl (C=O) groups excluding carboxylic acids is 1. The first-order chi connectivity index (χ1) is 11.1. The first-order valence-corrected chi connectivity index (χ1v) is 7.06. The van der Waals surface area contributed by atoms with E-state index in [4.69, 9.17) is 21.1 Å². The maximum absolute atomic E-state index is 13.7. The van der Waals surface area contributed by atoms with Gasteiger partial charge in [-0.25, -0.2) is 14.2 Å². The number of hydrogen-bond donors (Lipinski definition) is 0. The summed E-state index contributed by atoms with van der Waals surface area (Å²) in [6.45, 7) is 0. The molecule has 0 aromatic heterocycles. The van der Waals surface area contributed by atoms with Crippen molar-refractivity contribution < 1.29 is 18.7 Å². The number of nitrogens with zero attached hydrogens (tertiary/aromatic N) is 1. The lowest BCUT2D eigenvalue weighted by molar-refractivity contribution is -0.129. The van der Waals surface area contributed by atoms with Gasteiger partial charge in [-0.3, -0.25) is 0 Å². The number of esters is 1. The van der Waals surface area contributed by atoms with E-state index in [9.17, 15) is 9.18 Å². The minimum Gasteiger partial charge on any atom is -0.494 e. The molecule has 0 atom stereocenters. The van der Waals surface area contributed by atoms with Crippen LogP contribution in [0.2, 0.25) is 5.02 Å². The lowest BCUT2D eigenvalue weighted by atomic mass is 10.2. The van der Waals surface area contributed by atoms with E-state index in [-0.39, 0.29) is 17.3 Å². The lowest BCUT2D eigenvalue weighted by Crippen LogP contribution is -2.05. The van der Waals surface area contributed by atoms with Gasteiger partial charge < -0.3 is 9.47 Å². The molecule has 0 saturated carbocycles. The number of cyclic esters (lactones) is 1. The molecule has 1 heterocycles. The van der Waals surface area contributed by atoms with Crippen LogP contribution in [0, 0.1) is 5.82 Å². The van der Waals surface area contributed by atoms with Gasteiger partial charge in [0.2, 0.25) is 5.90 Å². The van der Waals surface area contributed by atoms with Gasteiger partial charge in [0.15, 0.2) is 17.3 Å². The normalized spacial score (nSPS) is 15.5. The second-order valence-corrected chi connectivity index (χ2v) is 5.18. The Kier molecular flexibility index (Phi) is 4.12. The molecule has 1 aliphatic heterocycles. The molecule has 1 aliphatic rings. The van der Waals surface area contributed by atoms with E-state index >= 15 is 0 Å². The first-order valence-electron chi connectivity index (χ1n) is 6.69. The van der Waals surface area contributed by atoms with Crippen LogP contribution in [0.15, 0.2) is 53.2 Å². The SMILES string of the molecule is COc1ccc(/C=C2/N=C(c3cccc(Cl)c3)OC2=O)cc1F. The molecule has 116 valence electrons. The van der Waals surface area contributed by atoms with Gasteiger partial charge in [0.1, 0.15) is 0 Å². The van der Waals surface area contributed by atoms with Gasteiger partial charge in [0, 0.05) is 10.6 Å². The maximum Gasteiger partial charge on any atom is 0.363 e. The molecule has 3 rings (SSSR count). The molecular formula is C17H11ClFNO3. The molecule has 0 N–H and O–H groups in total. The molecule has 0 fully saturated rings. The van der Waals surface area contributed by atoms with Crippen LogP contribution in [0.4, 0.5) is 4.39 Å². The first kappa shape index (κ1) is 15.2. The van der Waals surface area contributed by atoms with Crippen LogP contribution in [0.1, 0.15) is 11.1 Å². The van der Waals surface area contributed by atoms with Crippen molar-refractivity contribution >= 4 is 29.5 Å². The molecule has 0 amide bonds. The fourth-order valence-electron chi connectivity index (χ4n) is 2.08. The minimum atomic E-state index is -0.601. The summed E-state index contributed by atoms with van der Waals surface area (Å²) in [5.74, 6) is -0.828. The zero-order chi connectivity index (χ0) is 16.4. The molecule has 6 heteroatoms. The summed E-state index contributed by atoms with van der Waals surface area (Å²) >= 11 is 5.91. The number of hydrogen-bond acceptors (Lipinski definition) is 4. The van der Waals surface area contributed by atoms with Crippen molar-refractivity contribution in [2.75, 3.05) is 7.11 Å². The van der Waals surface area contributed by atoms with E-state index in [1.165, 1.54) is 25.3 Å². The highest BCUT2D eigenvalue weighted by molar-refractivity contribution is 6.31. The minimum absolute atomic E-state index is 0.0875. The molecule has 4 nitrogen and oxygen atoms in total. The quantitative estimate of drug-likeness (QED) is 0.634. The molecule has 0 bridgehead atoms. The zero-order valence-corrected chi connectivity index (χ0v) is 12.8. The van der Waals surface area contributed by atoms with E-state index in [0.717, 1.165) is 0 Å². The standard InChI is InChI=1S/C17H11ClFNO3/c1-22-15-6-5-10(7-13(15)19)8-14-17(21)23-16(20-14)11-3-2-4-12(18)9-11/h2-9H,1H3/b14-8+. The molecule has 2 aromatic rings. The molecule has 0 radical (unpaired) electrons. The second-order valence-electron chi connectivity index (χ2n) is 4.74. The van der Waals surface area contributed by atoms with E-state index in [1.54, 1.807) is 30.3 Å². The Morgan fingerprint density at radius 2 is 2.09 bits per heavy atom. The van der Waals surface area contributed by atoms with Gasteiger partial charge in [-0.2, -0.15) is 0 Å². The zero-order valence-electron chi connectivity index (χ0n) is 12.0. The van der Waals surface area contributed by atoms with Crippen molar-refractivity contribution in [1.82, 2.24) is 0 Å². The van der Waals surface area contributed by atoms with E-state index in [2.05, 4.69) is 4.99 Å². The third-order valence-corrected chi connectivity index (χ3v) is 3.41. The molecule has 0 spiro atoms. The topological polar surface area (TPSA) is 47.9 Å². The number of halogens is 2. The van der Waals surface area contributed by atoms with Crippen molar-refractivity contribution in [2.24, 2.45) is 4.99 Å². The molecule has 0 unspecified atom stereocenters. The van der Waals surface area contributed by atoms with Gasteiger partial charge in [0.05, 0.1) is 7.11 Å². The Labute approximate surface area is 136 Å². The highest BCUT2D eigenvalue weighted by Gasteiger charge is 2.24. The van der Waals surface area contributed by atoms with E-state index in [0.29, 0.717) is 16.1 Å². The Morgan fingerprint density at radius 3 is 2.78 bits per heavy atom. The summed E-state index contributed by atoms with van der Waals surface area (Å²) in [6.07, 6.45) is 1.45. The monoisotopic (exact) mass is 331 g/mol. The van der Waals surface area contributed by atoms with Gasteiger partial charge in [-0.05, 0) is 42.0 Å². The summed E-state index contributed by atoms with van der Waals surface area (Å²) < 4.78 is 23.7. The molecule has 0 saturated heterocycles. The summed E-state index contributed by atoms with van der Waals surface area (Å²) in [6, 6.07) is 11.2. The second kappa shape index (κ2) is 6.22. The Balaban J connectivity index is 1.93. The number of ether oxygens (including phenoxy) is 2. The van der Waals surface area contributed by atoms with Crippen molar-refractivity contribution in [1.29, 1.82) is 0 Å². The highest BCUT2D eigenvalue weighted by Crippen LogP contribution is 2.23. The largest absolute Gasteiger partial charge is 0.494 e. The molecular weight excluding hydrogens is 321 g/mol. The van der Waals surface area contributed by atoms with Crippen LogP contribution < -0.4 is 4.74 Å². The number of rotatable bonds is 3. The Bertz CT molecular complexity index is 845. The summed E-state index contributed by atoms with van der Waals surface area (Å²) in [5, 5.41) is 0.510. The Hall–Kier alpha value is -2.66. The number of benzene rings is 2. The fourth-order valence-corrected chi connectivity index (χ4v) is 2.27. The molecule has 0 aliphatic carbocycles. The Morgan fingerprint density at radius 1 is 1.26 bits per heavy atom. The van der Waals surface area contributed by atoms with Crippen LogP contribution in [0.25, 0.3) is 6.08 Å². The smallest absolute Gasteiger partial charge is 0.363 e. The molecule has 2 aromatic carbocycles. The van der Waals surface area contributed by atoms with Crippen molar-refractivity contribution in [3.05, 3.63) is 70.1 Å².